The highest BCUT2D eigenvalue weighted by atomic mass is 16.5. The maximum Gasteiger partial charge on any atom is 0.343 e. The van der Waals surface area contributed by atoms with Crippen molar-refractivity contribution in [3.63, 3.8) is 0 Å². The zero-order valence-electron chi connectivity index (χ0n) is 20.1. The minimum atomic E-state index is -1.06. The van der Waals surface area contributed by atoms with Crippen LogP contribution in [0.25, 0.3) is 11.0 Å². The number of aromatic carboxylic acids is 1. The lowest BCUT2D eigenvalue weighted by Crippen LogP contribution is -2.35. The fourth-order valence-corrected chi connectivity index (χ4v) is 4.80. The smallest absolute Gasteiger partial charge is 0.343 e. The summed E-state index contributed by atoms with van der Waals surface area (Å²) < 4.78 is 19.0. The molecule has 2 aromatic heterocycles. The van der Waals surface area contributed by atoms with Crippen LogP contribution in [0.2, 0.25) is 0 Å². The summed E-state index contributed by atoms with van der Waals surface area (Å²) in [4.78, 5) is 18.6. The van der Waals surface area contributed by atoms with Crippen LogP contribution in [-0.4, -0.2) is 65.5 Å². The molecule has 0 aliphatic carbocycles. The molecule has 0 amide bonds. The molecule has 1 aromatic carbocycles. The number of carbonyl (C=O) groups is 1. The second-order valence-corrected chi connectivity index (χ2v) is 8.52. The lowest BCUT2D eigenvalue weighted by atomic mass is 9.89. The number of piperidine rings is 1. The van der Waals surface area contributed by atoms with E-state index >= 15 is 0 Å². The highest BCUT2D eigenvalue weighted by molar-refractivity contribution is 5.94. The quantitative estimate of drug-likeness (QED) is 0.468. The van der Waals surface area contributed by atoms with E-state index in [9.17, 15) is 9.90 Å². The van der Waals surface area contributed by atoms with Gasteiger partial charge in [-0.1, -0.05) is 6.07 Å². The number of nitrogens with zero attached hydrogens (tertiary/aromatic N) is 3. The van der Waals surface area contributed by atoms with Crippen LogP contribution in [0.15, 0.2) is 42.7 Å². The summed E-state index contributed by atoms with van der Waals surface area (Å²) in [6.07, 6.45) is 6.10. The number of ether oxygens (including phenoxy) is 3. The summed E-state index contributed by atoms with van der Waals surface area (Å²) in [5.74, 6) is 0.0556. The number of carboxylic acids is 1. The van der Waals surface area contributed by atoms with Crippen LogP contribution < -0.4 is 9.47 Å². The molecule has 4 rings (SSSR count). The molecule has 1 fully saturated rings. The minimum absolute atomic E-state index is 0.0549. The predicted molar refractivity (Wildman–Crippen MR) is 130 cm³/mol. The van der Waals surface area contributed by atoms with Gasteiger partial charge in [0.05, 0.1) is 7.11 Å². The Morgan fingerprint density at radius 3 is 2.68 bits per heavy atom. The average Bonchev–Trinajstić information content (AvgIpc) is 3.24. The van der Waals surface area contributed by atoms with Gasteiger partial charge in [-0.2, -0.15) is 0 Å². The lowest BCUT2D eigenvalue weighted by Gasteiger charge is -2.31. The minimum Gasteiger partial charge on any atom is -0.496 e. The van der Waals surface area contributed by atoms with Gasteiger partial charge in [-0.3, -0.25) is 4.90 Å². The van der Waals surface area contributed by atoms with Crippen LogP contribution in [0.1, 0.15) is 54.8 Å². The summed E-state index contributed by atoms with van der Waals surface area (Å²) in [7, 11) is 1.46. The van der Waals surface area contributed by atoms with Crippen LogP contribution in [0.3, 0.4) is 0 Å². The van der Waals surface area contributed by atoms with Crippen LogP contribution in [0.5, 0.6) is 11.5 Å². The molecular weight excluding hydrogens is 434 g/mol. The van der Waals surface area contributed by atoms with Gasteiger partial charge >= 0.3 is 5.97 Å². The second kappa shape index (κ2) is 10.9. The molecule has 182 valence electrons. The number of pyridine rings is 1. The molecule has 1 atom stereocenters. The molecule has 8 nitrogen and oxygen atoms in total. The van der Waals surface area contributed by atoms with Gasteiger partial charge < -0.3 is 23.9 Å². The topological polar surface area (TPSA) is 86.0 Å². The number of fused-ring (bicyclic) bond motifs is 1. The molecule has 0 bridgehead atoms. The van der Waals surface area contributed by atoms with Crippen LogP contribution in [0.4, 0.5) is 0 Å². The normalized spacial score (nSPS) is 16.0. The van der Waals surface area contributed by atoms with Gasteiger partial charge in [0.2, 0.25) is 0 Å². The molecule has 0 saturated carbocycles. The average molecular weight is 468 g/mol. The van der Waals surface area contributed by atoms with Crippen LogP contribution in [0, 0.1) is 0 Å². The van der Waals surface area contributed by atoms with E-state index in [-0.39, 0.29) is 11.8 Å². The van der Waals surface area contributed by atoms with Crippen molar-refractivity contribution in [2.45, 2.75) is 38.8 Å². The van der Waals surface area contributed by atoms with Crippen molar-refractivity contribution in [3.8, 4) is 11.5 Å². The molecule has 0 radical (unpaired) electrons. The molecule has 1 aliphatic heterocycles. The summed E-state index contributed by atoms with van der Waals surface area (Å²) in [6, 6.07) is 9.19. The number of benzene rings is 1. The van der Waals surface area contributed by atoms with Gasteiger partial charge in [0.25, 0.3) is 0 Å². The summed E-state index contributed by atoms with van der Waals surface area (Å²) in [5, 5.41) is 10.7. The Morgan fingerprint density at radius 2 is 1.97 bits per heavy atom. The van der Waals surface area contributed by atoms with Crippen molar-refractivity contribution < 1.29 is 24.1 Å². The highest BCUT2D eigenvalue weighted by Crippen LogP contribution is 2.35. The fraction of sp³-hybridized carbons (Fsp3) is 0.462. The molecule has 1 aliphatic rings. The Bertz CT molecular complexity index is 1120. The first-order valence-electron chi connectivity index (χ1n) is 11.9. The number of likely N-dealkylation sites (tertiary alicyclic amines) is 1. The molecule has 34 heavy (non-hydrogen) atoms. The fourth-order valence-electron chi connectivity index (χ4n) is 4.80. The van der Waals surface area contributed by atoms with Gasteiger partial charge in [0.15, 0.2) is 0 Å². The number of hydrogen-bond acceptors (Lipinski definition) is 6. The second-order valence-electron chi connectivity index (χ2n) is 8.52. The molecule has 8 heteroatoms. The van der Waals surface area contributed by atoms with Gasteiger partial charge in [0.1, 0.15) is 35.5 Å². The van der Waals surface area contributed by atoms with E-state index in [4.69, 9.17) is 14.2 Å². The molecule has 1 saturated heterocycles. The van der Waals surface area contributed by atoms with Gasteiger partial charge in [-0.05, 0) is 75.5 Å². The summed E-state index contributed by atoms with van der Waals surface area (Å²) in [5.41, 5.74) is 2.38. The van der Waals surface area contributed by atoms with Gasteiger partial charge in [-0.15, -0.1) is 0 Å². The maximum atomic E-state index is 11.6. The van der Waals surface area contributed by atoms with Gasteiger partial charge in [0, 0.05) is 30.9 Å². The van der Waals surface area contributed by atoms with E-state index in [0.717, 1.165) is 38.1 Å². The van der Waals surface area contributed by atoms with Crippen LogP contribution >= 0.6 is 0 Å². The summed E-state index contributed by atoms with van der Waals surface area (Å²) >= 11 is 0. The molecule has 3 heterocycles. The summed E-state index contributed by atoms with van der Waals surface area (Å²) in [6.45, 7) is 7.82. The van der Waals surface area contributed by atoms with E-state index in [1.54, 1.807) is 18.2 Å². The number of carboxylic acid groups (broad SMARTS) is 1. The van der Waals surface area contributed by atoms with Crippen molar-refractivity contribution in [3.05, 3.63) is 53.9 Å². The third kappa shape index (κ3) is 5.03. The van der Waals surface area contributed by atoms with Crippen molar-refractivity contribution in [1.29, 1.82) is 0 Å². The van der Waals surface area contributed by atoms with Crippen molar-refractivity contribution in [1.82, 2.24) is 14.5 Å². The standard InChI is InChI=1S/C26H33N3O5/c1-4-33-18(2)29-17-21(20-7-6-12-27-25(20)29)19-10-13-28(14-11-19)15-16-34-23-9-5-8-22(32-3)24(23)26(30)31/h5-9,12,17-19H,4,10-11,13-16H2,1-3H3,(H,30,31). The zero-order valence-corrected chi connectivity index (χ0v) is 20.1. The maximum absolute atomic E-state index is 11.6. The lowest BCUT2D eigenvalue weighted by molar-refractivity contribution is 0.0275. The zero-order chi connectivity index (χ0) is 24.1. The van der Waals surface area contributed by atoms with E-state index in [1.807, 2.05) is 19.2 Å². The Morgan fingerprint density at radius 1 is 1.21 bits per heavy atom. The monoisotopic (exact) mass is 467 g/mol. The third-order valence-electron chi connectivity index (χ3n) is 6.53. The van der Waals surface area contributed by atoms with Gasteiger partial charge in [-0.25, -0.2) is 9.78 Å². The van der Waals surface area contributed by atoms with E-state index < -0.39 is 5.97 Å². The van der Waals surface area contributed by atoms with E-state index in [2.05, 4.69) is 33.6 Å². The molecular formula is C26H33N3O5. The predicted octanol–water partition coefficient (Wildman–Crippen LogP) is 4.56. The largest absolute Gasteiger partial charge is 0.496 e. The van der Waals surface area contributed by atoms with E-state index in [1.165, 1.54) is 18.1 Å². The number of aromatic nitrogens is 2. The Labute approximate surface area is 200 Å². The Balaban J connectivity index is 1.37. The SMILES string of the molecule is CCOC(C)n1cc(C2CCN(CCOc3cccc(OC)c3C(=O)O)CC2)c2cccnc21. The Hall–Kier alpha value is -3.10. The number of methoxy groups -OCH3 is 1. The highest BCUT2D eigenvalue weighted by Gasteiger charge is 2.25. The number of hydrogen-bond donors (Lipinski definition) is 1. The van der Waals surface area contributed by atoms with E-state index in [0.29, 0.717) is 30.6 Å². The van der Waals surface area contributed by atoms with Crippen molar-refractivity contribution in [2.75, 3.05) is 40.0 Å². The number of rotatable bonds is 10. The van der Waals surface area contributed by atoms with Crippen molar-refractivity contribution >= 4 is 17.0 Å². The Kier molecular flexibility index (Phi) is 7.70. The molecule has 0 spiro atoms. The first-order valence-corrected chi connectivity index (χ1v) is 11.9. The first-order chi connectivity index (χ1) is 16.5. The van der Waals surface area contributed by atoms with Crippen LogP contribution in [-0.2, 0) is 4.74 Å². The molecule has 1 N–H and O–H groups in total. The molecule has 1 unspecified atom stereocenters. The van der Waals surface area contributed by atoms with Crippen molar-refractivity contribution in [2.24, 2.45) is 0 Å². The third-order valence-corrected chi connectivity index (χ3v) is 6.53. The molecule has 3 aromatic rings. The first kappa shape index (κ1) is 24.0.